The molecule has 0 saturated carbocycles. The summed E-state index contributed by atoms with van der Waals surface area (Å²) in [4.78, 5) is 37.3. The molecule has 1 aliphatic heterocycles. The zero-order valence-electron chi connectivity index (χ0n) is 11.4. The van der Waals surface area contributed by atoms with Crippen molar-refractivity contribution in [2.75, 3.05) is 26.7 Å². The molecule has 6 nitrogen and oxygen atoms in total. The van der Waals surface area contributed by atoms with Gasteiger partial charge in [-0.3, -0.25) is 14.4 Å². The molecule has 0 bridgehead atoms. The first kappa shape index (κ1) is 14.5. The van der Waals surface area contributed by atoms with Gasteiger partial charge in [-0.1, -0.05) is 0 Å². The number of nitrogens with zero attached hydrogens (tertiary/aromatic N) is 2. The molecule has 0 spiro atoms. The topological polar surface area (TPSA) is 66.9 Å². The Labute approximate surface area is 107 Å². The zero-order chi connectivity index (χ0) is 13.9. The summed E-state index contributed by atoms with van der Waals surface area (Å²) in [6.45, 7) is 6.55. The van der Waals surface area contributed by atoms with E-state index in [4.69, 9.17) is 4.74 Å². The molecule has 0 unspecified atom stereocenters. The molecule has 0 aromatic carbocycles. The second-order valence-corrected chi connectivity index (χ2v) is 5.36. The number of hydrogen-bond donors (Lipinski definition) is 0. The maximum Gasteiger partial charge on any atom is 0.312 e. The maximum absolute atomic E-state index is 11.6. The summed E-state index contributed by atoms with van der Waals surface area (Å²) in [6, 6.07) is 0. The Morgan fingerprint density at radius 1 is 1.22 bits per heavy atom. The SMILES string of the molecule is CN1CCN(CCC(=O)OC(C)(C)C)C(=O)C1=O. The van der Waals surface area contributed by atoms with E-state index in [0.29, 0.717) is 13.1 Å². The van der Waals surface area contributed by atoms with Crippen LogP contribution in [0.25, 0.3) is 0 Å². The van der Waals surface area contributed by atoms with Crippen molar-refractivity contribution in [1.29, 1.82) is 0 Å². The molecule has 1 fully saturated rings. The van der Waals surface area contributed by atoms with Crippen molar-refractivity contribution < 1.29 is 19.1 Å². The van der Waals surface area contributed by atoms with Crippen LogP contribution in [-0.4, -0.2) is 59.9 Å². The largest absolute Gasteiger partial charge is 0.460 e. The molecule has 102 valence electrons. The highest BCUT2D eigenvalue weighted by Crippen LogP contribution is 2.09. The molecule has 1 saturated heterocycles. The predicted molar refractivity (Wildman–Crippen MR) is 64.7 cm³/mol. The maximum atomic E-state index is 11.6. The second kappa shape index (κ2) is 5.37. The average molecular weight is 256 g/mol. The van der Waals surface area contributed by atoms with Crippen LogP contribution in [0.4, 0.5) is 0 Å². The van der Waals surface area contributed by atoms with Crippen molar-refractivity contribution in [3.8, 4) is 0 Å². The Balaban J connectivity index is 2.42. The minimum Gasteiger partial charge on any atom is -0.460 e. The van der Waals surface area contributed by atoms with Crippen LogP contribution in [0.1, 0.15) is 27.2 Å². The van der Waals surface area contributed by atoms with Crippen molar-refractivity contribution in [3.63, 3.8) is 0 Å². The lowest BCUT2D eigenvalue weighted by atomic mass is 10.2. The van der Waals surface area contributed by atoms with E-state index < -0.39 is 17.4 Å². The summed E-state index contributed by atoms with van der Waals surface area (Å²) in [7, 11) is 1.59. The van der Waals surface area contributed by atoms with Crippen molar-refractivity contribution in [3.05, 3.63) is 0 Å². The number of rotatable bonds is 3. The molecule has 0 N–H and O–H groups in total. The average Bonchev–Trinajstić information content (AvgIpc) is 2.22. The van der Waals surface area contributed by atoms with Gasteiger partial charge < -0.3 is 14.5 Å². The number of ether oxygens (including phenoxy) is 1. The van der Waals surface area contributed by atoms with E-state index in [1.165, 1.54) is 9.80 Å². The number of carbonyl (C=O) groups is 3. The van der Waals surface area contributed by atoms with E-state index in [1.807, 2.05) is 0 Å². The van der Waals surface area contributed by atoms with Gasteiger partial charge in [0.1, 0.15) is 5.60 Å². The fourth-order valence-corrected chi connectivity index (χ4v) is 1.60. The Morgan fingerprint density at radius 3 is 2.39 bits per heavy atom. The molecule has 18 heavy (non-hydrogen) atoms. The molecule has 0 aromatic heterocycles. The van der Waals surface area contributed by atoms with Gasteiger partial charge >= 0.3 is 17.8 Å². The van der Waals surface area contributed by atoms with Crippen LogP contribution in [0.2, 0.25) is 0 Å². The zero-order valence-corrected chi connectivity index (χ0v) is 11.4. The smallest absolute Gasteiger partial charge is 0.312 e. The highest BCUT2D eigenvalue weighted by molar-refractivity contribution is 6.35. The summed E-state index contributed by atoms with van der Waals surface area (Å²) in [6.07, 6.45) is 0.111. The Hall–Kier alpha value is -1.59. The van der Waals surface area contributed by atoms with E-state index in [2.05, 4.69) is 0 Å². The van der Waals surface area contributed by atoms with E-state index >= 15 is 0 Å². The molecule has 0 aromatic rings. The van der Waals surface area contributed by atoms with Gasteiger partial charge in [0.2, 0.25) is 0 Å². The molecule has 1 aliphatic rings. The first-order valence-electron chi connectivity index (χ1n) is 5.97. The summed E-state index contributed by atoms with van der Waals surface area (Å²) in [5, 5.41) is 0. The summed E-state index contributed by atoms with van der Waals surface area (Å²) in [5.41, 5.74) is -0.529. The monoisotopic (exact) mass is 256 g/mol. The molecule has 2 amide bonds. The van der Waals surface area contributed by atoms with E-state index in [-0.39, 0.29) is 18.9 Å². The highest BCUT2D eigenvalue weighted by Gasteiger charge is 2.30. The highest BCUT2D eigenvalue weighted by atomic mass is 16.6. The standard InChI is InChI=1S/C12H20N2O4/c1-12(2,3)18-9(15)5-6-14-8-7-13(4)10(16)11(14)17/h5-8H2,1-4H3. The fourth-order valence-electron chi connectivity index (χ4n) is 1.60. The number of hydrogen-bond acceptors (Lipinski definition) is 4. The summed E-state index contributed by atoms with van der Waals surface area (Å²) in [5.74, 6) is -1.43. The lowest BCUT2D eigenvalue weighted by Gasteiger charge is -2.31. The van der Waals surface area contributed by atoms with Gasteiger partial charge in [0.05, 0.1) is 6.42 Å². The first-order chi connectivity index (χ1) is 8.20. The third-order valence-electron chi connectivity index (χ3n) is 2.53. The van der Waals surface area contributed by atoms with Gasteiger partial charge in [0.15, 0.2) is 0 Å². The normalized spacial score (nSPS) is 17.1. The molecular weight excluding hydrogens is 236 g/mol. The van der Waals surface area contributed by atoms with E-state index in [1.54, 1.807) is 27.8 Å². The Kier molecular flexibility index (Phi) is 4.32. The quantitative estimate of drug-likeness (QED) is 0.527. The summed E-state index contributed by atoms with van der Waals surface area (Å²) < 4.78 is 5.14. The van der Waals surface area contributed by atoms with Gasteiger partial charge in [0, 0.05) is 26.7 Å². The van der Waals surface area contributed by atoms with E-state index in [9.17, 15) is 14.4 Å². The molecule has 0 radical (unpaired) electrons. The van der Waals surface area contributed by atoms with Crippen molar-refractivity contribution in [2.45, 2.75) is 32.8 Å². The van der Waals surface area contributed by atoms with Crippen molar-refractivity contribution in [2.24, 2.45) is 0 Å². The fraction of sp³-hybridized carbons (Fsp3) is 0.750. The molecule has 1 heterocycles. The molecule has 1 rings (SSSR count). The second-order valence-electron chi connectivity index (χ2n) is 5.36. The third-order valence-corrected chi connectivity index (χ3v) is 2.53. The van der Waals surface area contributed by atoms with Gasteiger partial charge in [-0.05, 0) is 20.8 Å². The molecule has 0 aliphatic carbocycles. The first-order valence-corrected chi connectivity index (χ1v) is 5.97. The van der Waals surface area contributed by atoms with Crippen LogP contribution in [0, 0.1) is 0 Å². The van der Waals surface area contributed by atoms with Crippen LogP contribution in [-0.2, 0) is 19.1 Å². The molecule has 0 atom stereocenters. The van der Waals surface area contributed by atoms with Crippen LogP contribution >= 0.6 is 0 Å². The van der Waals surface area contributed by atoms with Crippen LogP contribution in [0.3, 0.4) is 0 Å². The molecule has 6 heteroatoms. The van der Waals surface area contributed by atoms with Crippen LogP contribution in [0.15, 0.2) is 0 Å². The van der Waals surface area contributed by atoms with E-state index in [0.717, 1.165) is 0 Å². The minimum atomic E-state index is -0.549. The Morgan fingerprint density at radius 2 is 1.83 bits per heavy atom. The van der Waals surface area contributed by atoms with Crippen molar-refractivity contribution >= 4 is 17.8 Å². The van der Waals surface area contributed by atoms with Crippen LogP contribution in [0.5, 0.6) is 0 Å². The number of piperazine rings is 1. The molecular formula is C12H20N2O4. The van der Waals surface area contributed by atoms with Gasteiger partial charge in [0.25, 0.3) is 0 Å². The van der Waals surface area contributed by atoms with Gasteiger partial charge in [-0.2, -0.15) is 0 Å². The van der Waals surface area contributed by atoms with Crippen molar-refractivity contribution in [1.82, 2.24) is 9.80 Å². The lowest BCUT2D eigenvalue weighted by molar-refractivity contribution is -0.158. The Bertz CT molecular complexity index is 360. The predicted octanol–water partition coefficient (Wildman–Crippen LogP) is 0.0188. The van der Waals surface area contributed by atoms with Gasteiger partial charge in [-0.25, -0.2) is 0 Å². The van der Waals surface area contributed by atoms with Crippen LogP contribution < -0.4 is 0 Å². The number of likely N-dealkylation sites (N-methyl/N-ethyl adjacent to an activating group) is 1. The van der Waals surface area contributed by atoms with Gasteiger partial charge in [-0.15, -0.1) is 0 Å². The minimum absolute atomic E-state index is 0.111. The number of amides is 2. The number of esters is 1. The summed E-state index contributed by atoms with van der Waals surface area (Å²) >= 11 is 0. The number of carbonyl (C=O) groups excluding carboxylic acids is 3. The lowest BCUT2D eigenvalue weighted by Crippen LogP contribution is -2.53. The third kappa shape index (κ3) is 4.01.